The predicted molar refractivity (Wildman–Crippen MR) is 131 cm³/mol. The lowest BCUT2D eigenvalue weighted by atomic mass is 10.3. The van der Waals surface area contributed by atoms with Crippen LogP contribution < -0.4 is 15.5 Å². The average Bonchev–Trinajstić information content (AvgIpc) is 3.16. The molecule has 2 aromatic rings. The Hall–Kier alpha value is -1.42. The van der Waals surface area contributed by atoms with E-state index in [9.17, 15) is 0 Å². The summed E-state index contributed by atoms with van der Waals surface area (Å²) in [5.41, 5.74) is 1.11. The first-order valence-corrected chi connectivity index (χ1v) is 10.7. The van der Waals surface area contributed by atoms with Crippen molar-refractivity contribution in [1.82, 2.24) is 20.6 Å². The van der Waals surface area contributed by atoms with Gasteiger partial charge in [0.15, 0.2) is 5.96 Å². The van der Waals surface area contributed by atoms with Crippen LogP contribution in [-0.4, -0.2) is 42.1 Å². The maximum atomic E-state index is 4.67. The summed E-state index contributed by atoms with van der Waals surface area (Å²) in [5, 5.41) is 7.86. The predicted octanol–water partition coefficient (Wildman–Crippen LogP) is 3.86. The summed E-state index contributed by atoms with van der Waals surface area (Å²) in [7, 11) is 0. The third-order valence-corrected chi connectivity index (χ3v) is 5.44. The summed E-state index contributed by atoms with van der Waals surface area (Å²) < 4.78 is 0. The van der Waals surface area contributed by atoms with Gasteiger partial charge in [0, 0.05) is 49.9 Å². The Balaban J connectivity index is 0.00000392. The van der Waals surface area contributed by atoms with Crippen molar-refractivity contribution in [2.75, 3.05) is 31.1 Å². The number of halogens is 1. The number of rotatable bonds is 10. The van der Waals surface area contributed by atoms with Gasteiger partial charge >= 0.3 is 0 Å². The fraction of sp³-hybridized carbons (Fsp3) is 0.550. The van der Waals surface area contributed by atoms with E-state index in [2.05, 4.69) is 70.3 Å². The van der Waals surface area contributed by atoms with Crippen LogP contribution >= 0.6 is 35.3 Å². The van der Waals surface area contributed by atoms with Crippen molar-refractivity contribution < 1.29 is 0 Å². The van der Waals surface area contributed by atoms with E-state index in [-0.39, 0.29) is 24.0 Å². The molecule has 0 atom stereocenters. The summed E-state index contributed by atoms with van der Waals surface area (Å²) in [4.78, 5) is 17.3. The molecule has 0 saturated carbocycles. The lowest BCUT2D eigenvalue weighted by molar-refractivity contribution is 0.795. The second-order valence-electron chi connectivity index (χ2n) is 6.14. The Morgan fingerprint density at radius 1 is 1.07 bits per heavy atom. The zero-order valence-electron chi connectivity index (χ0n) is 17.4. The Bertz CT molecular complexity index is 697. The van der Waals surface area contributed by atoms with Gasteiger partial charge < -0.3 is 15.5 Å². The molecule has 2 heterocycles. The summed E-state index contributed by atoms with van der Waals surface area (Å²) in [6, 6.07) is 4.18. The van der Waals surface area contributed by atoms with Crippen molar-refractivity contribution >= 4 is 47.1 Å². The van der Waals surface area contributed by atoms with Gasteiger partial charge in [-0.1, -0.05) is 13.0 Å². The molecule has 2 rings (SSSR count). The molecule has 156 valence electrons. The monoisotopic (exact) mass is 516 g/mol. The van der Waals surface area contributed by atoms with E-state index in [0.29, 0.717) is 6.54 Å². The smallest absolute Gasteiger partial charge is 0.191 e. The number of aliphatic imine (C=N–C) groups is 1. The minimum atomic E-state index is 0. The van der Waals surface area contributed by atoms with Crippen LogP contribution in [-0.2, 0) is 19.4 Å². The van der Waals surface area contributed by atoms with Gasteiger partial charge in [0.25, 0.3) is 0 Å². The van der Waals surface area contributed by atoms with Crippen molar-refractivity contribution in [2.24, 2.45) is 4.99 Å². The fourth-order valence-electron chi connectivity index (χ4n) is 2.67. The summed E-state index contributed by atoms with van der Waals surface area (Å²) in [6.45, 7) is 12.7. The molecule has 0 saturated heterocycles. The third-order valence-electron chi connectivity index (χ3n) is 4.24. The van der Waals surface area contributed by atoms with Gasteiger partial charge in [0.2, 0.25) is 0 Å². The molecule has 0 radical (unpaired) electrons. The quantitative estimate of drug-likeness (QED) is 0.285. The highest BCUT2D eigenvalue weighted by atomic mass is 127. The molecule has 0 unspecified atom stereocenters. The number of thiazole rings is 1. The van der Waals surface area contributed by atoms with Gasteiger partial charge in [-0.3, -0.25) is 0 Å². The van der Waals surface area contributed by atoms with Crippen LogP contribution in [0.15, 0.2) is 29.5 Å². The summed E-state index contributed by atoms with van der Waals surface area (Å²) in [5.74, 6) is 1.85. The van der Waals surface area contributed by atoms with Gasteiger partial charge in [-0.25, -0.2) is 15.0 Å². The topological polar surface area (TPSA) is 65.4 Å². The molecule has 0 aliphatic heterocycles. The van der Waals surface area contributed by atoms with Crippen LogP contribution in [0.1, 0.15) is 43.1 Å². The molecule has 2 N–H and O–H groups in total. The average molecular weight is 516 g/mol. The van der Waals surface area contributed by atoms with Crippen molar-refractivity contribution in [1.29, 1.82) is 0 Å². The molecule has 0 aromatic carbocycles. The fourth-order valence-corrected chi connectivity index (χ4v) is 3.53. The lowest BCUT2D eigenvalue weighted by Crippen LogP contribution is -2.38. The van der Waals surface area contributed by atoms with E-state index in [1.165, 1.54) is 9.88 Å². The minimum Gasteiger partial charge on any atom is -0.357 e. The number of hydrogen-bond donors (Lipinski definition) is 2. The molecule has 0 aliphatic carbocycles. The number of pyridine rings is 1. The molecule has 0 aliphatic rings. The van der Waals surface area contributed by atoms with Gasteiger partial charge in [0.05, 0.1) is 11.6 Å². The molecule has 28 heavy (non-hydrogen) atoms. The number of hydrogen-bond acceptors (Lipinski definition) is 5. The van der Waals surface area contributed by atoms with Crippen LogP contribution in [0.5, 0.6) is 0 Å². The van der Waals surface area contributed by atoms with Crippen molar-refractivity contribution in [3.63, 3.8) is 0 Å². The van der Waals surface area contributed by atoms with E-state index in [4.69, 9.17) is 0 Å². The number of nitrogens with one attached hydrogen (secondary N) is 2. The number of guanidine groups is 1. The molecule has 0 fully saturated rings. The van der Waals surface area contributed by atoms with E-state index in [1.54, 1.807) is 11.3 Å². The van der Waals surface area contributed by atoms with Crippen molar-refractivity contribution in [2.45, 2.75) is 47.1 Å². The standard InChI is InChI=1S/C20H32N6S.HI/c1-5-17-15-24-19(27-17)11-12-22-20(21-6-2)25-14-16-9-10-18(23-13-16)26(7-3)8-4;/h9-10,13,15H,5-8,11-12,14H2,1-4H3,(H2,21,22,25);1H. The van der Waals surface area contributed by atoms with E-state index >= 15 is 0 Å². The van der Waals surface area contributed by atoms with Crippen molar-refractivity contribution in [3.8, 4) is 0 Å². The van der Waals surface area contributed by atoms with E-state index < -0.39 is 0 Å². The van der Waals surface area contributed by atoms with Gasteiger partial charge in [-0.2, -0.15) is 0 Å². The van der Waals surface area contributed by atoms with Gasteiger partial charge in [-0.15, -0.1) is 35.3 Å². The number of anilines is 1. The lowest BCUT2D eigenvalue weighted by Gasteiger charge is -2.19. The third kappa shape index (κ3) is 7.90. The van der Waals surface area contributed by atoms with Crippen LogP contribution in [0.25, 0.3) is 0 Å². The Morgan fingerprint density at radius 2 is 1.86 bits per heavy atom. The molecule has 2 aromatic heterocycles. The highest BCUT2D eigenvalue weighted by Crippen LogP contribution is 2.13. The van der Waals surface area contributed by atoms with E-state index in [0.717, 1.165) is 56.4 Å². The molecule has 8 heteroatoms. The first-order chi connectivity index (χ1) is 13.2. The number of aryl methyl sites for hydroxylation is 1. The first-order valence-electron chi connectivity index (χ1n) is 9.85. The van der Waals surface area contributed by atoms with Crippen LogP contribution in [0, 0.1) is 0 Å². The molecule has 6 nitrogen and oxygen atoms in total. The Kier molecular flexibility index (Phi) is 12.1. The molecular formula is C20H33IN6S. The zero-order valence-corrected chi connectivity index (χ0v) is 20.5. The Labute approximate surface area is 190 Å². The van der Waals surface area contributed by atoms with Gasteiger partial charge in [-0.05, 0) is 38.8 Å². The second kappa shape index (κ2) is 13.7. The summed E-state index contributed by atoms with van der Waals surface area (Å²) >= 11 is 1.79. The maximum absolute atomic E-state index is 4.67. The zero-order chi connectivity index (χ0) is 19.5. The number of nitrogens with zero attached hydrogens (tertiary/aromatic N) is 4. The van der Waals surface area contributed by atoms with Crippen molar-refractivity contribution in [3.05, 3.63) is 40.0 Å². The SMILES string of the molecule is CCNC(=NCc1ccc(N(CC)CC)nc1)NCCc1ncc(CC)s1.I. The first kappa shape index (κ1) is 24.6. The maximum Gasteiger partial charge on any atom is 0.191 e. The summed E-state index contributed by atoms with van der Waals surface area (Å²) in [6.07, 6.45) is 5.86. The van der Waals surface area contributed by atoms with Crippen LogP contribution in [0.3, 0.4) is 0 Å². The second-order valence-corrected chi connectivity index (χ2v) is 7.34. The van der Waals surface area contributed by atoms with Gasteiger partial charge in [0.1, 0.15) is 5.82 Å². The highest BCUT2D eigenvalue weighted by Gasteiger charge is 2.04. The largest absolute Gasteiger partial charge is 0.357 e. The van der Waals surface area contributed by atoms with Crippen LogP contribution in [0.2, 0.25) is 0 Å². The number of aromatic nitrogens is 2. The Morgan fingerprint density at radius 3 is 2.43 bits per heavy atom. The normalized spacial score (nSPS) is 11.1. The molecule has 0 amide bonds. The minimum absolute atomic E-state index is 0. The molecular weight excluding hydrogens is 483 g/mol. The highest BCUT2D eigenvalue weighted by molar-refractivity contribution is 14.0. The molecule has 0 bridgehead atoms. The van der Waals surface area contributed by atoms with E-state index in [1.807, 2.05) is 12.4 Å². The molecule has 0 spiro atoms. The van der Waals surface area contributed by atoms with Crippen LogP contribution in [0.4, 0.5) is 5.82 Å².